The number of carboxylic acids is 1. The number of Topliss-reactive ketones (excluding diaryl/α,β-unsaturated/α-hetero) is 1. The summed E-state index contributed by atoms with van der Waals surface area (Å²) in [5.74, 6) is 3.71. The van der Waals surface area contributed by atoms with Gasteiger partial charge in [-0.1, -0.05) is 42.2 Å². The number of aliphatic carboxylic acids is 1. The zero-order valence-electron chi connectivity index (χ0n) is 17.7. The van der Waals surface area contributed by atoms with Gasteiger partial charge in [0.2, 0.25) is 11.8 Å². The van der Waals surface area contributed by atoms with Crippen LogP contribution >= 0.6 is 0 Å². The lowest BCUT2D eigenvalue weighted by Crippen LogP contribution is -2.41. The van der Waals surface area contributed by atoms with E-state index < -0.39 is 23.7 Å². The van der Waals surface area contributed by atoms with E-state index in [1.54, 1.807) is 0 Å². The van der Waals surface area contributed by atoms with Crippen LogP contribution in [0.5, 0.6) is 0 Å². The van der Waals surface area contributed by atoms with Crippen molar-refractivity contribution in [2.45, 2.75) is 44.6 Å². The first kappa shape index (κ1) is 24.4. The highest BCUT2D eigenvalue weighted by atomic mass is 16.4. The standard InChI is InChI=1S/C25H26N2O5/c26-23(29)15-14-22(28)21(13-17-25(31)32)27-24(30)16-12-20-10-8-19(9-11-20)7-6-18-4-2-1-3-5-18/h1-5,8-11,21H,12-17H2,(H2,26,29)(H,27,30)(H,31,32)/t21-/m0/s1. The maximum Gasteiger partial charge on any atom is 0.303 e. The van der Waals surface area contributed by atoms with E-state index in [1.165, 1.54) is 0 Å². The van der Waals surface area contributed by atoms with Crippen LogP contribution in [0.3, 0.4) is 0 Å². The van der Waals surface area contributed by atoms with E-state index in [9.17, 15) is 19.2 Å². The Morgan fingerprint density at radius 3 is 2.06 bits per heavy atom. The van der Waals surface area contributed by atoms with Crippen LogP contribution in [-0.4, -0.2) is 34.7 Å². The van der Waals surface area contributed by atoms with E-state index in [-0.39, 0.29) is 38.0 Å². The molecule has 7 nitrogen and oxygen atoms in total. The molecule has 2 amide bonds. The van der Waals surface area contributed by atoms with Gasteiger partial charge in [0, 0.05) is 36.8 Å². The normalized spacial score (nSPS) is 11.0. The Labute approximate surface area is 187 Å². The molecular weight excluding hydrogens is 408 g/mol. The number of ketones is 1. The van der Waals surface area contributed by atoms with E-state index in [4.69, 9.17) is 10.8 Å². The zero-order valence-corrected chi connectivity index (χ0v) is 17.7. The number of amides is 2. The molecule has 0 aliphatic carbocycles. The number of nitrogens with two attached hydrogens (primary N) is 1. The molecule has 0 unspecified atom stereocenters. The fourth-order valence-corrected chi connectivity index (χ4v) is 2.95. The van der Waals surface area contributed by atoms with Crippen LogP contribution in [0.1, 0.15) is 48.8 Å². The number of nitrogens with one attached hydrogen (secondary N) is 1. The van der Waals surface area contributed by atoms with Crippen molar-refractivity contribution in [1.82, 2.24) is 5.32 Å². The molecule has 0 aromatic heterocycles. The SMILES string of the molecule is NC(=O)CCC(=O)[C@H](CCC(=O)O)NC(=O)CCc1ccc(C#Cc2ccccc2)cc1. The van der Waals surface area contributed by atoms with Crippen LogP contribution in [-0.2, 0) is 25.6 Å². The predicted molar refractivity (Wildman–Crippen MR) is 119 cm³/mol. The molecular formula is C25H26N2O5. The maximum atomic E-state index is 12.3. The third-order valence-corrected chi connectivity index (χ3v) is 4.71. The minimum atomic E-state index is -1.07. The minimum absolute atomic E-state index is 0.0343. The topological polar surface area (TPSA) is 127 Å². The molecule has 0 heterocycles. The summed E-state index contributed by atoms with van der Waals surface area (Å²) < 4.78 is 0. The third kappa shape index (κ3) is 9.26. The molecule has 1 atom stereocenters. The fourth-order valence-electron chi connectivity index (χ4n) is 2.95. The molecule has 0 bridgehead atoms. The van der Waals surface area contributed by atoms with E-state index in [0.717, 1.165) is 16.7 Å². The van der Waals surface area contributed by atoms with Gasteiger partial charge >= 0.3 is 5.97 Å². The summed E-state index contributed by atoms with van der Waals surface area (Å²) in [5, 5.41) is 11.5. The number of rotatable bonds is 11. The second-order valence-electron chi connectivity index (χ2n) is 7.30. The number of primary amides is 1. The van der Waals surface area contributed by atoms with Crippen LogP contribution in [0.2, 0.25) is 0 Å². The van der Waals surface area contributed by atoms with Gasteiger partial charge in [0.05, 0.1) is 6.04 Å². The van der Waals surface area contributed by atoms with Gasteiger partial charge in [-0.3, -0.25) is 19.2 Å². The monoisotopic (exact) mass is 434 g/mol. The van der Waals surface area contributed by atoms with Crippen LogP contribution in [0.4, 0.5) is 0 Å². The molecule has 0 fully saturated rings. The molecule has 7 heteroatoms. The van der Waals surface area contributed by atoms with Crippen molar-refractivity contribution in [1.29, 1.82) is 0 Å². The molecule has 0 aliphatic heterocycles. The highest BCUT2D eigenvalue weighted by Crippen LogP contribution is 2.09. The van der Waals surface area contributed by atoms with Crippen molar-refractivity contribution in [3.05, 3.63) is 71.3 Å². The predicted octanol–water partition coefficient (Wildman–Crippen LogP) is 2.20. The number of aryl methyl sites for hydroxylation is 1. The number of carboxylic acid groups (broad SMARTS) is 1. The molecule has 0 saturated carbocycles. The second kappa shape index (κ2) is 12.7. The molecule has 2 aromatic carbocycles. The van der Waals surface area contributed by atoms with E-state index in [0.29, 0.717) is 6.42 Å². The Morgan fingerprint density at radius 2 is 1.47 bits per heavy atom. The average molecular weight is 434 g/mol. The maximum absolute atomic E-state index is 12.3. The third-order valence-electron chi connectivity index (χ3n) is 4.71. The lowest BCUT2D eigenvalue weighted by atomic mass is 10.0. The first-order chi connectivity index (χ1) is 15.3. The molecule has 2 rings (SSSR count). The second-order valence-corrected chi connectivity index (χ2v) is 7.30. The average Bonchev–Trinajstić information content (AvgIpc) is 2.78. The highest BCUT2D eigenvalue weighted by Gasteiger charge is 2.21. The van der Waals surface area contributed by atoms with Gasteiger partial charge in [-0.15, -0.1) is 0 Å². The number of carbonyl (C=O) groups excluding carboxylic acids is 3. The van der Waals surface area contributed by atoms with E-state index in [1.807, 2.05) is 54.6 Å². The van der Waals surface area contributed by atoms with Crippen LogP contribution in [0, 0.1) is 11.8 Å². The van der Waals surface area contributed by atoms with Crippen LogP contribution in [0.25, 0.3) is 0 Å². The van der Waals surface area contributed by atoms with Crippen molar-refractivity contribution in [2.24, 2.45) is 5.73 Å². The minimum Gasteiger partial charge on any atom is -0.481 e. The van der Waals surface area contributed by atoms with Crippen molar-refractivity contribution >= 4 is 23.6 Å². The van der Waals surface area contributed by atoms with Gasteiger partial charge in [-0.2, -0.15) is 0 Å². The van der Waals surface area contributed by atoms with Gasteiger partial charge in [0.25, 0.3) is 0 Å². The summed E-state index contributed by atoms with van der Waals surface area (Å²) in [6.07, 6.45) is 0.0242. The van der Waals surface area contributed by atoms with Gasteiger partial charge < -0.3 is 16.2 Å². The lowest BCUT2D eigenvalue weighted by Gasteiger charge is -2.17. The molecule has 0 radical (unpaired) electrons. The van der Waals surface area contributed by atoms with Gasteiger partial charge in [-0.25, -0.2) is 0 Å². The Kier molecular flexibility index (Phi) is 9.67. The van der Waals surface area contributed by atoms with Crippen molar-refractivity contribution in [2.75, 3.05) is 0 Å². The Hall–Kier alpha value is -3.92. The number of benzene rings is 2. The molecule has 2 aromatic rings. The fraction of sp³-hybridized carbons (Fsp3) is 0.280. The number of carbonyl (C=O) groups is 4. The largest absolute Gasteiger partial charge is 0.481 e. The van der Waals surface area contributed by atoms with Crippen molar-refractivity contribution in [3.8, 4) is 11.8 Å². The molecule has 32 heavy (non-hydrogen) atoms. The molecule has 0 spiro atoms. The summed E-state index contributed by atoms with van der Waals surface area (Å²) in [7, 11) is 0. The highest BCUT2D eigenvalue weighted by molar-refractivity contribution is 5.91. The molecule has 0 saturated heterocycles. The first-order valence-electron chi connectivity index (χ1n) is 10.3. The van der Waals surface area contributed by atoms with Crippen molar-refractivity contribution < 1.29 is 24.3 Å². The number of hydrogen-bond donors (Lipinski definition) is 3. The smallest absolute Gasteiger partial charge is 0.303 e. The zero-order chi connectivity index (χ0) is 23.3. The summed E-state index contributed by atoms with van der Waals surface area (Å²) in [6, 6.07) is 16.2. The summed E-state index contributed by atoms with van der Waals surface area (Å²) in [5.41, 5.74) is 7.78. The summed E-state index contributed by atoms with van der Waals surface area (Å²) in [6.45, 7) is 0. The summed E-state index contributed by atoms with van der Waals surface area (Å²) in [4.78, 5) is 46.3. The Balaban J connectivity index is 1.88. The quantitative estimate of drug-likeness (QED) is 0.467. The van der Waals surface area contributed by atoms with Gasteiger partial charge in [0.1, 0.15) is 0 Å². The van der Waals surface area contributed by atoms with Crippen LogP contribution in [0.15, 0.2) is 54.6 Å². The van der Waals surface area contributed by atoms with E-state index in [2.05, 4.69) is 17.2 Å². The molecule has 4 N–H and O–H groups in total. The first-order valence-corrected chi connectivity index (χ1v) is 10.3. The van der Waals surface area contributed by atoms with Gasteiger partial charge in [-0.05, 0) is 42.7 Å². The Bertz CT molecular complexity index is 1000. The Morgan fingerprint density at radius 1 is 0.844 bits per heavy atom. The summed E-state index contributed by atoms with van der Waals surface area (Å²) >= 11 is 0. The van der Waals surface area contributed by atoms with Gasteiger partial charge in [0.15, 0.2) is 5.78 Å². The lowest BCUT2D eigenvalue weighted by molar-refractivity contribution is -0.138. The van der Waals surface area contributed by atoms with Crippen LogP contribution < -0.4 is 11.1 Å². The number of hydrogen-bond acceptors (Lipinski definition) is 4. The van der Waals surface area contributed by atoms with E-state index >= 15 is 0 Å². The molecule has 0 aliphatic rings. The van der Waals surface area contributed by atoms with Crippen molar-refractivity contribution in [3.63, 3.8) is 0 Å². The molecule has 166 valence electrons.